The van der Waals surface area contributed by atoms with Gasteiger partial charge in [0.25, 0.3) is 9.84 Å². The molecule has 0 bridgehead atoms. The number of methoxy groups -OCH3 is 1. The number of benzene rings is 1. The largest absolute Gasteiger partial charge is 0.497 e. The minimum absolute atomic E-state index is 0.343. The third kappa shape index (κ3) is 2.96. The van der Waals surface area contributed by atoms with Gasteiger partial charge in [0.15, 0.2) is 0 Å². The molecule has 3 rings (SSSR count). The van der Waals surface area contributed by atoms with E-state index in [-0.39, 0.29) is 4.34 Å². The number of hydrogen-bond acceptors (Lipinski definition) is 9. The number of ether oxygens (including phenoxy) is 1. The van der Waals surface area contributed by atoms with Crippen molar-refractivity contribution in [3.05, 3.63) is 40.7 Å². The van der Waals surface area contributed by atoms with Gasteiger partial charge in [0.05, 0.1) is 7.11 Å². The smallest absolute Gasteiger partial charge is 0.401 e. The molecule has 1 aromatic carbocycles. The fraction of sp³-hybridized carbons (Fsp3) is 0.154. The normalized spacial score (nSPS) is 11.4. The molecule has 0 aliphatic heterocycles. The quantitative estimate of drug-likeness (QED) is 0.482. The Balaban J connectivity index is 2.04. The summed E-state index contributed by atoms with van der Waals surface area (Å²) in [6.45, 7) is 0. The van der Waals surface area contributed by atoms with Crippen molar-refractivity contribution in [2.45, 2.75) is 9.37 Å². The van der Waals surface area contributed by atoms with Crippen LogP contribution in [-0.4, -0.2) is 40.2 Å². The van der Waals surface area contributed by atoms with Gasteiger partial charge in [0.1, 0.15) is 10.8 Å². The molecule has 0 aliphatic rings. The lowest BCUT2D eigenvalue weighted by atomic mass is 10.2. The Bertz CT molecular complexity index is 1040. The highest BCUT2D eigenvalue weighted by atomic mass is 32.2. The minimum Gasteiger partial charge on any atom is -0.497 e. The fourth-order valence-electron chi connectivity index (χ4n) is 2.09. The number of sulfone groups is 1. The van der Waals surface area contributed by atoms with Crippen molar-refractivity contribution in [1.29, 1.82) is 0 Å². The van der Waals surface area contributed by atoms with Crippen LogP contribution in [0.3, 0.4) is 0 Å². The maximum atomic E-state index is 12.7. The number of nitrogens with zero attached hydrogens (tertiary/aromatic N) is 5. The van der Waals surface area contributed by atoms with Crippen LogP contribution in [0.1, 0.15) is 0 Å². The summed E-state index contributed by atoms with van der Waals surface area (Å²) in [6.07, 6.45) is 1.07. The first kappa shape index (κ1) is 17.0. The lowest BCUT2D eigenvalue weighted by Gasteiger charge is -2.00. The van der Waals surface area contributed by atoms with E-state index < -0.39 is 25.6 Å². The van der Waals surface area contributed by atoms with E-state index in [2.05, 4.69) is 15.2 Å². The van der Waals surface area contributed by atoms with Gasteiger partial charge in [-0.05, 0) is 34.2 Å². The van der Waals surface area contributed by atoms with Crippen molar-refractivity contribution in [3.8, 4) is 16.3 Å². The molecule has 0 saturated heterocycles. The van der Waals surface area contributed by atoms with Crippen LogP contribution in [0.5, 0.6) is 5.75 Å². The average molecular weight is 381 g/mol. The predicted molar refractivity (Wildman–Crippen MR) is 87.2 cm³/mol. The Morgan fingerprint density at radius 2 is 1.92 bits per heavy atom. The van der Waals surface area contributed by atoms with E-state index in [9.17, 15) is 18.5 Å². The molecule has 0 amide bonds. The second-order valence-corrected chi connectivity index (χ2v) is 7.86. The molecule has 0 aliphatic carbocycles. The molecule has 0 atom stereocenters. The summed E-state index contributed by atoms with van der Waals surface area (Å²) >= 11 is 0.819. The Kier molecular flexibility index (Phi) is 4.22. The van der Waals surface area contributed by atoms with Gasteiger partial charge in [-0.25, -0.2) is 8.42 Å². The van der Waals surface area contributed by atoms with Crippen LogP contribution < -0.4 is 4.74 Å². The summed E-state index contributed by atoms with van der Waals surface area (Å²) in [6, 6.07) is 6.83. The molecule has 0 saturated carbocycles. The lowest BCUT2D eigenvalue weighted by molar-refractivity contribution is -0.392. The zero-order valence-electron chi connectivity index (χ0n) is 13.0. The SMILES string of the molecule is COc1ccc(-c2nnc(S(=O)(=O)c3c([N+](=O)[O-])ncn3C)s2)cc1. The van der Waals surface area contributed by atoms with Gasteiger partial charge < -0.3 is 14.9 Å². The summed E-state index contributed by atoms with van der Waals surface area (Å²) in [4.78, 5) is 13.7. The van der Waals surface area contributed by atoms with E-state index in [1.807, 2.05) is 0 Å². The van der Waals surface area contributed by atoms with Gasteiger partial charge in [-0.2, -0.15) is 0 Å². The summed E-state index contributed by atoms with van der Waals surface area (Å²) in [5, 5.41) is 18.4. The summed E-state index contributed by atoms with van der Waals surface area (Å²) in [5.41, 5.74) is 0.652. The van der Waals surface area contributed by atoms with Gasteiger partial charge in [0.2, 0.25) is 15.7 Å². The molecule has 3 aromatic rings. The number of aromatic nitrogens is 4. The van der Waals surface area contributed by atoms with E-state index in [0.717, 1.165) is 22.2 Å². The maximum Gasteiger partial charge on any atom is 0.401 e. The summed E-state index contributed by atoms with van der Waals surface area (Å²) < 4.78 is 31.2. The monoisotopic (exact) mass is 381 g/mol. The summed E-state index contributed by atoms with van der Waals surface area (Å²) in [7, 11) is -1.33. The van der Waals surface area contributed by atoms with Crippen molar-refractivity contribution < 1.29 is 18.1 Å². The molecule has 0 N–H and O–H groups in total. The molecule has 0 unspecified atom stereocenters. The molecule has 0 fully saturated rings. The number of imidazole rings is 1. The molecule has 130 valence electrons. The first-order valence-corrected chi connectivity index (χ1v) is 9.03. The first-order chi connectivity index (χ1) is 11.8. The van der Waals surface area contributed by atoms with Crippen LogP contribution in [0.25, 0.3) is 10.6 Å². The second kappa shape index (κ2) is 6.22. The third-order valence-electron chi connectivity index (χ3n) is 3.27. The number of rotatable bonds is 5. The van der Waals surface area contributed by atoms with Gasteiger partial charge in [-0.1, -0.05) is 11.3 Å². The van der Waals surface area contributed by atoms with Gasteiger partial charge >= 0.3 is 5.82 Å². The standard InChI is InChI=1S/C13H11N5O5S2/c1-17-7-14-10(18(19)20)12(17)25(21,22)13-16-15-11(24-13)8-3-5-9(23-2)6-4-8/h3-7H,1-2H3. The Morgan fingerprint density at radius 1 is 1.24 bits per heavy atom. The fourth-order valence-corrected chi connectivity index (χ4v) is 4.70. The van der Waals surface area contributed by atoms with E-state index in [4.69, 9.17) is 4.74 Å². The van der Waals surface area contributed by atoms with Gasteiger partial charge in [-0.3, -0.25) is 4.57 Å². The van der Waals surface area contributed by atoms with Gasteiger partial charge in [-0.15, -0.1) is 10.2 Å². The number of nitro groups is 1. The maximum absolute atomic E-state index is 12.7. The van der Waals surface area contributed by atoms with Crippen LogP contribution in [-0.2, 0) is 16.9 Å². The number of aryl methyl sites for hydroxylation is 1. The molecule has 12 heteroatoms. The lowest BCUT2D eigenvalue weighted by Crippen LogP contribution is -2.09. The summed E-state index contributed by atoms with van der Waals surface area (Å²) in [5.74, 6) is -0.102. The third-order valence-corrected chi connectivity index (χ3v) is 6.46. The van der Waals surface area contributed by atoms with Crippen LogP contribution in [0.15, 0.2) is 40.0 Å². The minimum atomic E-state index is -4.22. The van der Waals surface area contributed by atoms with Crippen LogP contribution >= 0.6 is 11.3 Å². The molecule has 2 heterocycles. The van der Waals surface area contributed by atoms with E-state index >= 15 is 0 Å². The van der Waals surface area contributed by atoms with Crippen molar-refractivity contribution in [1.82, 2.24) is 19.7 Å². The van der Waals surface area contributed by atoms with E-state index in [1.54, 1.807) is 24.3 Å². The van der Waals surface area contributed by atoms with E-state index in [0.29, 0.717) is 16.3 Å². The highest BCUT2D eigenvalue weighted by Gasteiger charge is 2.36. The number of hydrogen-bond donors (Lipinski definition) is 0. The van der Waals surface area contributed by atoms with Gasteiger partial charge in [0, 0.05) is 12.6 Å². The Morgan fingerprint density at radius 3 is 2.52 bits per heavy atom. The van der Waals surface area contributed by atoms with Crippen LogP contribution in [0.4, 0.5) is 5.82 Å². The van der Waals surface area contributed by atoms with Crippen molar-refractivity contribution in [3.63, 3.8) is 0 Å². The zero-order valence-corrected chi connectivity index (χ0v) is 14.6. The molecular weight excluding hydrogens is 370 g/mol. The average Bonchev–Trinajstić information content (AvgIpc) is 3.22. The van der Waals surface area contributed by atoms with Crippen molar-refractivity contribution in [2.24, 2.45) is 7.05 Å². The zero-order chi connectivity index (χ0) is 18.2. The molecule has 25 heavy (non-hydrogen) atoms. The highest BCUT2D eigenvalue weighted by molar-refractivity contribution is 7.93. The molecule has 10 nitrogen and oxygen atoms in total. The molecule has 2 aromatic heterocycles. The Labute approximate surface area is 145 Å². The van der Waals surface area contributed by atoms with Crippen LogP contribution in [0.2, 0.25) is 0 Å². The molecular formula is C13H11N5O5S2. The first-order valence-electron chi connectivity index (χ1n) is 6.73. The topological polar surface area (TPSA) is 130 Å². The van der Waals surface area contributed by atoms with E-state index in [1.165, 1.54) is 14.2 Å². The molecule has 0 spiro atoms. The molecule has 0 radical (unpaired) electrons. The Hall–Kier alpha value is -2.86. The van der Waals surface area contributed by atoms with Crippen molar-refractivity contribution in [2.75, 3.05) is 7.11 Å². The van der Waals surface area contributed by atoms with Crippen molar-refractivity contribution >= 4 is 27.0 Å². The van der Waals surface area contributed by atoms with Crippen LogP contribution in [0, 0.1) is 10.1 Å². The highest BCUT2D eigenvalue weighted by Crippen LogP contribution is 2.33. The second-order valence-electron chi connectivity index (χ2n) is 4.85. The predicted octanol–water partition coefficient (Wildman–Crippen LogP) is 1.69.